The summed E-state index contributed by atoms with van der Waals surface area (Å²) in [5.41, 5.74) is 1.25. The molecule has 2 rings (SSSR count). The number of aliphatic hydroxyl groups is 1. The van der Waals surface area contributed by atoms with Crippen molar-refractivity contribution in [1.82, 2.24) is 0 Å². The van der Waals surface area contributed by atoms with Gasteiger partial charge in [-0.1, -0.05) is 35.9 Å². The molecule has 0 amide bonds. The average molecular weight is 277 g/mol. The van der Waals surface area contributed by atoms with Crippen molar-refractivity contribution in [3.05, 3.63) is 64.7 Å². The second kappa shape index (κ2) is 6.36. The Kier molecular flexibility index (Phi) is 4.55. The van der Waals surface area contributed by atoms with Crippen LogP contribution in [0.15, 0.2) is 48.5 Å². The number of ether oxygens (including phenoxy) is 1. The van der Waals surface area contributed by atoms with E-state index in [1.807, 2.05) is 0 Å². The van der Waals surface area contributed by atoms with Crippen molar-refractivity contribution >= 4 is 17.4 Å². The molecule has 0 fully saturated rings. The summed E-state index contributed by atoms with van der Waals surface area (Å²) in [5.74, 6) is 0.412. The maximum absolute atomic E-state index is 11.9. The van der Waals surface area contributed by atoms with Gasteiger partial charge >= 0.3 is 0 Å². The average Bonchev–Trinajstić information content (AvgIpc) is 2.46. The number of ketones is 1. The van der Waals surface area contributed by atoms with E-state index in [1.165, 1.54) is 0 Å². The molecule has 0 spiro atoms. The van der Waals surface area contributed by atoms with Crippen LogP contribution < -0.4 is 4.74 Å². The quantitative estimate of drug-likeness (QED) is 0.854. The Hall–Kier alpha value is -1.84. The maximum atomic E-state index is 11.9. The molecule has 0 atom stereocenters. The number of carbonyl (C=O) groups is 1. The van der Waals surface area contributed by atoms with Gasteiger partial charge in [-0.3, -0.25) is 4.79 Å². The Morgan fingerprint density at radius 2 is 1.79 bits per heavy atom. The Morgan fingerprint density at radius 1 is 1.11 bits per heavy atom. The molecule has 3 nitrogen and oxygen atoms in total. The molecule has 2 aromatic carbocycles. The number of aliphatic hydroxyl groups excluding tert-OH is 1. The van der Waals surface area contributed by atoms with Crippen LogP contribution in [0.2, 0.25) is 5.02 Å². The normalized spacial score (nSPS) is 10.2. The van der Waals surface area contributed by atoms with Gasteiger partial charge in [0.05, 0.1) is 11.6 Å². The van der Waals surface area contributed by atoms with Gasteiger partial charge in [0, 0.05) is 5.56 Å². The Balaban J connectivity index is 1.98. The van der Waals surface area contributed by atoms with Gasteiger partial charge in [-0.2, -0.15) is 0 Å². The predicted octanol–water partition coefficient (Wildman–Crippen LogP) is 3.09. The molecule has 0 saturated heterocycles. The van der Waals surface area contributed by atoms with Crippen molar-refractivity contribution in [3.8, 4) is 5.75 Å². The molecule has 98 valence electrons. The van der Waals surface area contributed by atoms with Crippen LogP contribution in [0.25, 0.3) is 0 Å². The van der Waals surface area contributed by atoms with E-state index in [0.29, 0.717) is 16.3 Å². The molecule has 4 heteroatoms. The minimum Gasteiger partial charge on any atom is -0.485 e. The van der Waals surface area contributed by atoms with E-state index in [0.717, 1.165) is 5.56 Å². The fourth-order valence-electron chi connectivity index (χ4n) is 1.61. The van der Waals surface area contributed by atoms with Crippen LogP contribution in [0.3, 0.4) is 0 Å². The third-order valence-corrected chi connectivity index (χ3v) is 2.98. The van der Waals surface area contributed by atoms with Gasteiger partial charge in [-0.15, -0.1) is 0 Å². The van der Waals surface area contributed by atoms with Gasteiger partial charge in [0.2, 0.25) is 5.78 Å². The second-order valence-electron chi connectivity index (χ2n) is 3.99. The van der Waals surface area contributed by atoms with Gasteiger partial charge in [0.1, 0.15) is 5.75 Å². The molecule has 0 radical (unpaired) electrons. The van der Waals surface area contributed by atoms with E-state index < -0.39 is 0 Å². The first-order valence-corrected chi connectivity index (χ1v) is 6.19. The van der Waals surface area contributed by atoms with E-state index in [4.69, 9.17) is 21.4 Å². The third kappa shape index (κ3) is 3.56. The zero-order chi connectivity index (χ0) is 13.7. The Bertz CT molecular complexity index is 564. The van der Waals surface area contributed by atoms with Crippen LogP contribution in [0.5, 0.6) is 5.75 Å². The zero-order valence-corrected chi connectivity index (χ0v) is 10.9. The van der Waals surface area contributed by atoms with Crippen molar-refractivity contribution in [2.24, 2.45) is 0 Å². The van der Waals surface area contributed by atoms with E-state index >= 15 is 0 Å². The Morgan fingerprint density at radius 3 is 2.42 bits per heavy atom. The number of rotatable bonds is 5. The molecule has 0 aliphatic heterocycles. The summed E-state index contributed by atoms with van der Waals surface area (Å²) >= 11 is 5.94. The molecule has 19 heavy (non-hydrogen) atoms. The molecular weight excluding hydrogens is 264 g/mol. The standard InChI is InChI=1S/C15H13ClO3/c16-14-4-2-1-3-13(14)15(18)10-19-12-7-5-11(9-17)6-8-12/h1-8,17H,9-10H2. The van der Waals surface area contributed by atoms with Crippen LogP contribution in [0.4, 0.5) is 0 Å². The highest BCUT2D eigenvalue weighted by atomic mass is 35.5. The molecule has 1 N–H and O–H groups in total. The van der Waals surface area contributed by atoms with Crippen molar-refractivity contribution in [3.63, 3.8) is 0 Å². The summed E-state index contributed by atoms with van der Waals surface area (Å²) in [6.07, 6.45) is 0. The molecular formula is C15H13ClO3. The first-order chi connectivity index (χ1) is 9.20. The number of Topliss-reactive ketones (excluding diaryl/α,β-unsaturated/α-hetero) is 1. The van der Waals surface area contributed by atoms with Gasteiger partial charge in [-0.25, -0.2) is 0 Å². The van der Waals surface area contributed by atoms with Crippen LogP contribution in [0, 0.1) is 0 Å². The van der Waals surface area contributed by atoms with Gasteiger partial charge in [0.25, 0.3) is 0 Å². The summed E-state index contributed by atoms with van der Waals surface area (Å²) in [4.78, 5) is 11.9. The van der Waals surface area contributed by atoms with Crippen LogP contribution in [-0.4, -0.2) is 17.5 Å². The van der Waals surface area contributed by atoms with E-state index in [9.17, 15) is 4.79 Å². The van der Waals surface area contributed by atoms with Crippen molar-refractivity contribution < 1.29 is 14.6 Å². The monoisotopic (exact) mass is 276 g/mol. The largest absolute Gasteiger partial charge is 0.485 e. The van der Waals surface area contributed by atoms with Crippen LogP contribution >= 0.6 is 11.6 Å². The molecule has 2 aromatic rings. The molecule has 0 aromatic heterocycles. The zero-order valence-electron chi connectivity index (χ0n) is 10.2. The first kappa shape index (κ1) is 13.6. The number of carbonyl (C=O) groups excluding carboxylic acids is 1. The van der Waals surface area contributed by atoms with Crippen LogP contribution in [0.1, 0.15) is 15.9 Å². The van der Waals surface area contributed by atoms with E-state index in [-0.39, 0.29) is 19.0 Å². The summed E-state index contributed by atoms with van der Waals surface area (Å²) < 4.78 is 5.39. The third-order valence-electron chi connectivity index (χ3n) is 2.65. The van der Waals surface area contributed by atoms with Crippen molar-refractivity contribution in [2.75, 3.05) is 6.61 Å². The summed E-state index contributed by atoms with van der Waals surface area (Å²) in [7, 11) is 0. The Labute approximate surface area is 116 Å². The van der Waals surface area contributed by atoms with Gasteiger partial charge in [0.15, 0.2) is 6.61 Å². The summed E-state index contributed by atoms with van der Waals surface area (Å²) in [5, 5.41) is 9.34. The molecule has 0 aliphatic carbocycles. The smallest absolute Gasteiger partial charge is 0.201 e. The van der Waals surface area contributed by atoms with Crippen molar-refractivity contribution in [2.45, 2.75) is 6.61 Å². The molecule has 0 unspecified atom stereocenters. The minimum atomic E-state index is -0.170. The molecule has 0 bridgehead atoms. The summed E-state index contributed by atoms with van der Waals surface area (Å²) in [6, 6.07) is 13.8. The van der Waals surface area contributed by atoms with Gasteiger partial charge in [-0.05, 0) is 29.8 Å². The lowest BCUT2D eigenvalue weighted by molar-refractivity contribution is 0.0921. The molecule has 0 aliphatic rings. The lowest BCUT2D eigenvalue weighted by Crippen LogP contribution is -2.12. The van der Waals surface area contributed by atoms with E-state index in [2.05, 4.69) is 0 Å². The molecule has 0 heterocycles. The summed E-state index contributed by atoms with van der Waals surface area (Å²) in [6.45, 7) is -0.0823. The van der Waals surface area contributed by atoms with Crippen LogP contribution in [-0.2, 0) is 6.61 Å². The highest BCUT2D eigenvalue weighted by Gasteiger charge is 2.10. The SMILES string of the molecule is O=C(COc1ccc(CO)cc1)c1ccccc1Cl. The maximum Gasteiger partial charge on any atom is 0.201 e. The second-order valence-corrected chi connectivity index (χ2v) is 4.40. The number of hydrogen-bond donors (Lipinski definition) is 1. The predicted molar refractivity (Wildman–Crippen MR) is 73.6 cm³/mol. The van der Waals surface area contributed by atoms with E-state index in [1.54, 1.807) is 48.5 Å². The minimum absolute atomic E-state index is 0.0150. The number of halogens is 1. The topological polar surface area (TPSA) is 46.5 Å². The highest BCUT2D eigenvalue weighted by Crippen LogP contribution is 2.17. The lowest BCUT2D eigenvalue weighted by atomic mass is 10.1. The fourth-order valence-corrected chi connectivity index (χ4v) is 1.85. The number of benzene rings is 2. The number of hydrogen-bond acceptors (Lipinski definition) is 3. The van der Waals surface area contributed by atoms with Gasteiger partial charge < -0.3 is 9.84 Å². The highest BCUT2D eigenvalue weighted by molar-refractivity contribution is 6.34. The molecule has 0 saturated carbocycles. The first-order valence-electron chi connectivity index (χ1n) is 5.81. The van der Waals surface area contributed by atoms with Crippen molar-refractivity contribution in [1.29, 1.82) is 0 Å². The fraction of sp³-hybridized carbons (Fsp3) is 0.133. The lowest BCUT2D eigenvalue weighted by Gasteiger charge is -2.07.